The van der Waals surface area contributed by atoms with E-state index in [-0.39, 0.29) is 11.3 Å². The van der Waals surface area contributed by atoms with Gasteiger partial charge >= 0.3 is 0 Å². The molecule has 0 aromatic heterocycles. The number of carbonyl (C=O) groups excluding carboxylic acids is 2. The van der Waals surface area contributed by atoms with Crippen LogP contribution in [0.3, 0.4) is 0 Å². The van der Waals surface area contributed by atoms with Crippen molar-refractivity contribution in [3.63, 3.8) is 0 Å². The average Bonchev–Trinajstić information content (AvgIpc) is 3.10. The van der Waals surface area contributed by atoms with Gasteiger partial charge in [0.2, 0.25) is 0 Å². The largest absolute Gasteiger partial charge is 0.507 e. The molecule has 3 rings (SSSR count). The molecule has 7 heteroatoms. The number of benzene rings is 2. The zero-order valence-corrected chi connectivity index (χ0v) is 21.0. The number of ketones is 1. The van der Waals surface area contributed by atoms with E-state index in [1.165, 1.54) is 17.0 Å². The Kier molecular flexibility index (Phi) is 9.04. The first-order chi connectivity index (χ1) is 16.8. The van der Waals surface area contributed by atoms with Crippen molar-refractivity contribution in [3.05, 3.63) is 70.5 Å². The van der Waals surface area contributed by atoms with Crippen molar-refractivity contribution in [2.45, 2.75) is 46.6 Å². The molecule has 1 heterocycles. The SMILES string of the molecule is CCCCOc1ccc(C(O)=C2C(=O)C(=O)N(CCN(CC)CC)[C@@H]2c2ccc(F)cc2)cc1C. The molecule has 2 aromatic carbocycles. The van der Waals surface area contributed by atoms with Crippen molar-refractivity contribution in [2.75, 3.05) is 32.8 Å². The maximum atomic E-state index is 13.7. The van der Waals surface area contributed by atoms with Crippen LogP contribution in [0.15, 0.2) is 48.0 Å². The van der Waals surface area contributed by atoms with Gasteiger partial charge in [0.15, 0.2) is 0 Å². The number of likely N-dealkylation sites (tertiary alicyclic amines) is 1. The molecule has 35 heavy (non-hydrogen) atoms. The van der Waals surface area contributed by atoms with Gasteiger partial charge in [-0.1, -0.05) is 39.3 Å². The average molecular weight is 483 g/mol. The molecule has 0 bridgehead atoms. The smallest absolute Gasteiger partial charge is 0.295 e. The van der Waals surface area contributed by atoms with Gasteiger partial charge in [-0.2, -0.15) is 0 Å². The number of carbonyl (C=O) groups is 2. The quantitative estimate of drug-likeness (QED) is 0.209. The lowest BCUT2D eigenvalue weighted by Crippen LogP contribution is -2.38. The van der Waals surface area contributed by atoms with Crippen molar-refractivity contribution in [1.82, 2.24) is 9.80 Å². The number of ether oxygens (including phenoxy) is 1. The predicted octanol–water partition coefficient (Wildman–Crippen LogP) is 5.08. The van der Waals surface area contributed by atoms with Crippen molar-refractivity contribution >= 4 is 17.4 Å². The van der Waals surface area contributed by atoms with Crippen molar-refractivity contribution in [3.8, 4) is 5.75 Å². The molecule has 1 N–H and O–H groups in total. The van der Waals surface area contributed by atoms with E-state index in [1.54, 1.807) is 30.3 Å². The Hall–Kier alpha value is -3.19. The molecular formula is C28H35FN2O4. The van der Waals surface area contributed by atoms with Crippen LogP contribution in [0.1, 0.15) is 56.3 Å². The molecule has 0 saturated carbocycles. The number of aliphatic hydroxyl groups excluding tert-OH is 1. The molecule has 0 spiro atoms. The summed E-state index contributed by atoms with van der Waals surface area (Å²) < 4.78 is 19.5. The summed E-state index contributed by atoms with van der Waals surface area (Å²) in [6.45, 7) is 11.2. The lowest BCUT2D eigenvalue weighted by atomic mass is 9.94. The topological polar surface area (TPSA) is 70.1 Å². The number of likely N-dealkylation sites (N-methyl/N-ethyl adjacent to an activating group) is 1. The number of aryl methyl sites for hydroxylation is 1. The van der Waals surface area contributed by atoms with Crippen molar-refractivity contribution in [1.29, 1.82) is 0 Å². The fraction of sp³-hybridized carbons (Fsp3) is 0.429. The molecular weight excluding hydrogens is 447 g/mol. The van der Waals surface area contributed by atoms with Gasteiger partial charge in [-0.05, 0) is 67.9 Å². The van der Waals surface area contributed by atoms with E-state index < -0.39 is 23.5 Å². The van der Waals surface area contributed by atoms with Gasteiger partial charge in [0.25, 0.3) is 11.7 Å². The highest BCUT2D eigenvalue weighted by Gasteiger charge is 2.46. The normalized spacial score (nSPS) is 17.4. The first kappa shape index (κ1) is 26.4. The molecule has 1 saturated heterocycles. The molecule has 0 radical (unpaired) electrons. The van der Waals surface area contributed by atoms with Gasteiger partial charge in [0, 0.05) is 18.7 Å². The number of hydrogen-bond acceptors (Lipinski definition) is 5. The molecule has 0 aliphatic carbocycles. The van der Waals surface area contributed by atoms with Gasteiger partial charge < -0.3 is 19.6 Å². The Bertz CT molecular complexity index is 1080. The van der Waals surface area contributed by atoms with Gasteiger partial charge in [-0.15, -0.1) is 0 Å². The zero-order valence-electron chi connectivity index (χ0n) is 21.0. The van der Waals surface area contributed by atoms with Crippen LogP contribution in [-0.4, -0.2) is 59.4 Å². The second-order valence-electron chi connectivity index (χ2n) is 8.75. The van der Waals surface area contributed by atoms with Crippen molar-refractivity contribution in [2.24, 2.45) is 0 Å². The number of unbranched alkanes of at least 4 members (excludes halogenated alkanes) is 1. The third-order valence-electron chi connectivity index (χ3n) is 6.48. The summed E-state index contributed by atoms with van der Waals surface area (Å²) >= 11 is 0. The molecule has 0 unspecified atom stereocenters. The second-order valence-corrected chi connectivity index (χ2v) is 8.75. The van der Waals surface area contributed by atoms with E-state index in [2.05, 4.69) is 11.8 Å². The van der Waals surface area contributed by atoms with Gasteiger partial charge in [0.05, 0.1) is 18.2 Å². The van der Waals surface area contributed by atoms with E-state index in [4.69, 9.17) is 4.74 Å². The van der Waals surface area contributed by atoms with Crippen LogP contribution in [0.5, 0.6) is 5.75 Å². The third kappa shape index (κ3) is 5.90. The van der Waals surface area contributed by atoms with Crippen molar-refractivity contribution < 1.29 is 23.8 Å². The minimum atomic E-state index is -0.799. The number of rotatable bonds is 11. The number of halogens is 1. The highest BCUT2D eigenvalue weighted by molar-refractivity contribution is 6.46. The molecule has 1 amide bonds. The highest BCUT2D eigenvalue weighted by atomic mass is 19.1. The maximum absolute atomic E-state index is 13.7. The van der Waals surface area contributed by atoms with E-state index >= 15 is 0 Å². The van der Waals surface area contributed by atoms with E-state index in [1.807, 2.05) is 20.8 Å². The van der Waals surface area contributed by atoms with E-state index in [0.29, 0.717) is 36.6 Å². The minimum absolute atomic E-state index is 0.0141. The number of hydrogen-bond donors (Lipinski definition) is 1. The van der Waals surface area contributed by atoms with Gasteiger partial charge in [-0.25, -0.2) is 4.39 Å². The Balaban J connectivity index is 2.03. The summed E-state index contributed by atoms with van der Waals surface area (Å²) in [7, 11) is 0. The maximum Gasteiger partial charge on any atom is 0.295 e. The molecule has 1 aliphatic heterocycles. The summed E-state index contributed by atoms with van der Waals surface area (Å²) in [5.74, 6) is -1.35. The first-order valence-electron chi connectivity index (χ1n) is 12.3. The summed E-state index contributed by atoms with van der Waals surface area (Å²) in [5.41, 5.74) is 1.83. The van der Waals surface area contributed by atoms with Crippen LogP contribution < -0.4 is 4.74 Å². The number of Topliss-reactive ketones (excluding diaryl/α,β-unsaturated/α-hetero) is 1. The van der Waals surface area contributed by atoms with E-state index in [0.717, 1.165) is 31.5 Å². The summed E-state index contributed by atoms with van der Waals surface area (Å²) in [6, 6.07) is 10.1. The van der Waals surface area contributed by atoms with Crippen LogP contribution in [0, 0.1) is 12.7 Å². The second kappa shape index (κ2) is 12.0. The lowest BCUT2D eigenvalue weighted by Gasteiger charge is -2.28. The van der Waals surface area contributed by atoms with E-state index in [9.17, 15) is 19.1 Å². The lowest BCUT2D eigenvalue weighted by molar-refractivity contribution is -0.140. The van der Waals surface area contributed by atoms with Crippen LogP contribution in [0.2, 0.25) is 0 Å². The number of amides is 1. The Labute approximate surface area is 207 Å². The predicted molar refractivity (Wildman–Crippen MR) is 135 cm³/mol. The van der Waals surface area contributed by atoms with Crippen LogP contribution >= 0.6 is 0 Å². The molecule has 1 aliphatic rings. The number of aliphatic hydroxyl groups is 1. The first-order valence-corrected chi connectivity index (χ1v) is 12.3. The standard InChI is InChI=1S/C28H35FN2O4/c1-5-8-17-35-23-14-11-21(18-19(23)4)26(32)24-25(20-9-12-22(29)13-10-20)31(28(34)27(24)33)16-15-30(6-2)7-3/h9-14,18,25,32H,5-8,15-17H2,1-4H3/t25-/m1/s1. The zero-order chi connectivity index (χ0) is 25.5. The fourth-order valence-electron chi connectivity index (χ4n) is 4.33. The minimum Gasteiger partial charge on any atom is -0.507 e. The van der Waals surface area contributed by atoms with Gasteiger partial charge in [0.1, 0.15) is 17.3 Å². The van der Waals surface area contributed by atoms with Crippen LogP contribution in [0.25, 0.3) is 5.76 Å². The molecule has 1 fully saturated rings. The Morgan fingerprint density at radius 2 is 1.77 bits per heavy atom. The molecule has 6 nitrogen and oxygen atoms in total. The fourth-order valence-corrected chi connectivity index (χ4v) is 4.33. The van der Waals surface area contributed by atoms with Crippen LogP contribution in [0.4, 0.5) is 4.39 Å². The number of nitrogens with zero attached hydrogens (tertiary/aromatic N) is 2. The van der Waals surface area contributed by atoms with Crippen LogP contribution in [-0.2, 0) is 9.59 Å². The van der Waals surface area contributed by atoms with Gasteiger partial charge in [-0.3, -0.25) is 9.59 Å². The molecule has 2 aromatic rings. The Morgan fingerprint density at radius 1 is 1.09 bits per heavy atom. The Morgan fingerprint density at radius 3 is 2.37 bits per heavy atom. The molecule has 1 atom stereocenters. The monoisotopic (exact) mass is 482 g/mol. The third-order valence-corrected chi connectivity index (χ3v) is 6.48. The highest BCUT2D eigenvalue weighted by Crippen LogP contribution is 2.39. The summed E-state index contributed by atoms with van der Waals surface area (Å²) in [6.07, 6.45) is 1.96. The molecule has 188 valence electrons. The summed E-state index contributed by atoms with van der Waals surface area (Å²) in [4.78, 5) is 29.9. The summed E-state index contributed by atoms with van der Waals surface area (Å²) in [5, 5.41) is 11.3.